The van der Waals surface area contributed by atoms with Crippen LogP contribution in [0.2, 0.25) is 0 Å². The fraction of sp³-hybridized carbons (Fsp3) is 0.765. The smallest absolute Gasteiger partial charge is 0.0336 e. The predicted octanol–water partition coefficient (Wildman–Crippen LogP) is 4.65. The fourth-order valence-electron chi connectivity index (χ4n) is 2.86. The van der Waals surface area contributed by atoms with Crippen LogP contribution in [0.15, 0.2) is 17.5 Å². The zero-order chi connectivity index (χ0) is 15.0. The molecule has 1 atom stereocenters. The van der Waals surface area contributed by atoms with Gasteiger partial charge in [-0.25, -0.2) is 0 Å². The van der Waals surface area contributed by atoms with Gasteiger partial charge in [0.25, 0.3) is 0 Å². The minimum Gasteiger partial charge on any atom is -0.329 e. The fourth-order valence-corrected chi connectivity index (χ4v) is 3.57. The molecule has 0 bridgehead atoms. The predicted molar refractivity (Wildman–Crippen MR) is 91.2 cm³/mol. The van der Waals surface area contributed by atoms with Gasteiger partial charge in [0.15, 0.2) is 0 Å². The summed E-state index contributed by atoms with van der Waals surface area (Å²) in [6, 6.07) is 4.89. The van der Waals surface area contributed by atoms with Crippen LogP contribution in [0.5, 0.6) is 0 Å². The van der Waals surface area contributed by atoms with E-state index >= 15 is 0 Å². The number of hydrogen-bond acceptors (Lipinski definition) is 3. The van der Waals surface area contributed by atoms with Crippen molar-refractivity contribution in [2.24, 2.45) is 5.73 Å². The Labute approximate surface area is 129 Å². The van der Waals surface area contributed by atoms with Crippen LogP contribution in [-0.2, 0) is 6.54 Å². The van der Waals surface area contributed by atoms with E-state index in [2.05, 4.69) is 50.1 Å². The highest BCUT2D eigenvalue weighted by atomic mass is 32.1. The van der Waals surface area contributed by atoms with Crippen molar-refractivity contribution in [2.75, 3.05) is 6.54 Å². The van der Waals surface area contributed by atoms with Crippen LogP contribution >= 0.6 is 11.3 Å². The van der Waals surface area contributed by atoms with Gasteiger partial charge in [-0.1, -0.05) is 38.7 Å². The molecule has 1 unspecified atom stereocenters. The molecule has 2 nitrogen and oxygen atoms in total. The van der Waals surface area contributed by atoms with E-state index in [0.717, 1.165) is 13.1 Å². The molecule has 0 spiro atoms. The minimum absolute atomic E-state index is 0.117. The van der Waals surface area contributed by atoms with Crippen LogP contribution in [0.1, 0.15) is 64.7 Å². The average molecular weight is 297 g/mol. The Morgan fingerprint density at radius 2 is 2.05 bits per heavy atom. The van der Waals surface area contributed by atoms with Crippen LogP contribution in [0.3, 0.4) is 0 Å². The van der Waals surface area contributed by atoms with E-state index in [1.165, 1.54) is 37.0 Å². The number of hydrogen-bond donors (Lipinski definition) is 1. The molecular formula is C17H32N2S. The molecule has 2 N–H and O–H groups in total. The molecule has 0 aliphatic rings. The highest BCUT2D eigenvalue weighted by molar-refractivity contribution is 7.09. The summed E-state index contributed by atoms with van der Waals surface area (Å²) in [5.41, 5.74) is 6.27. The summed E-state index contributed by atoms with van der Waals surface area (Å²) in [5, 5.41) is 2.16. The maximum Gasteiger partial charge on any atom is 0.0336 e. The third-order valence-electron chi connectivity index (χ3n) is 4.23. The van der Waals surface area contributed by atoms with E-state index < -0.39 is 0 Å². The Morgan fingerprint density at radius 1 is 1.30 bits per heavy atom. The van der Waals surface area contributed by atoms with Crippen molar-refractivity contribution < 1.29 is 0 Å². The molecule has 1 heterocycles. The average Bonchev–Trinajstić information content (AvgIpc) is 2.93. The molecular weight excluding hydrogens is 264 g/mol. The number of nitrogens with two attached hydrogens (primary N) is 1. The van der Waals surface area contributed by atoms with E-state index in [1.807, 2.05) is 11.3 Å². The normalized spacial score (nSPS) is 14.9. The lowest BCUT2D eigenvalue weighted by Gasteiger charge is -2.43. The quantitative estimate of drug-likeness (QED) is 0.637. The van der Waals surface area contributed by atoms with Gasteiger partial charge >= 0.3 is 0 Å². The number of unbranched alkanes of at least 4 members (excludes halogenated alkanes) is 3. The Kier molecular flexibility index (Phi) is 7.78. The molecule has 0 aromatic carbocycles. The molecule has 0 amide bonds. The van der Waals surface area contributed by atoms with Gasteiger partial charge in [0, 0.05) is 29.5 Å². The van der Waals surface area contributed by atoms with Crippen LogP contribution in [-0.4, -0.2) is 23.0 Å². The first-order valence-corrected chi connectivity index (χ1v) is 8.90. The molecule has 0 saturated heterocycles. The van der Waals surface area contributed by atoms with Crippen molar-refractivity contribution in [3.63, 3.8) is 0 Å². The number of nitrogens with zero attached hydrogens (tertiary/aromatic N) is 1. The highest BCUT2D eigenvalue weighted by Crippen LogP contribution is 2.27. The van der Waals surface area contributed by atoms with Crippen molar-refractivity contribution >= 4 is 11.3 Å². The van der Waals surface area contributed by atoms with Gasteiger partial charge in [-0.15, -0.1) is 11.3 Å². The minimum atomic E-state index is 0.117. The molecule has 116 valence electrons. The third kappa shape index (κ3) is 5.19. The summed E-state index contributed by atoms with van der Waals surface area (Å²) in [5.74, 6) is 0. The lowest BCUT2D eigenvalue weighted by atomic mass is 9.90. The second-order valence-electron chi connectivity index (χ2n) is 6.31. The first-order chi connectivity index (χ1) is 9.53. The van der Waals surface area contributed by atoms with E-state index in [1.54, 1.807) is 0 Å². The van der Waals surface area contributed by atoms with Gasteiger partial charge in [-0.2, -0.15) is 0 Å². The maximum absolute atomic E-state index is 6.15. The lowest BCUT2D eigenvalue weighted by Crippen LogP contribution is -2.54. The summed E-state index contributed by atoms with van der Waals surface area (Å²) >= 11 is 1.84. The summed E-state index contributed by atoms with van der Waals surface area (Å²) in [7, 11) is 0. The summed E-state index contributed by atoms with van der Waals surface area (Å²) in [6.45, 7) is 10.9. The van der Waals surface area contributed by atoms with Gasteiger partial charge in [0.05, 0.1) is 0 Å². The Bertz CT molecular complexity index is 348. The molecule has 0 aliphatic carbocycles. The maximum atomic E-state index is 6.15. The van der Waals surface area contributed by atoms with E-state index in [-0.39, 0.29) is 5.54 Å². The number of thiophene rings is 1. The van der Waals surface area contributed by atoms with Gasteiger partial charge in [-0.05, 0) is 38.6 Å². The largest absolute Gasteiger partial charge is 0.329 e. The number of rotatable bonds is 10. The van der Waals surface area contributed by atoms with Crippen LogP contribution in [0, 0.1) is 0 Å². The molecule has 0 fully saturated rings. The molecule has 1 aromatic rings. The van der Waals surface area contributed by atoms with Gasteiger partial charge in [0.2, 0.25) is 0 Å². The van der Waals surface area contributed by atoms with Crippen LogP contribution in [0.25, 0.3) is 0 Å². The Balaban J connectivity index is 2.68. The highest BCUT2D eigenvalue weighted by Gasteiger charge is 2.31. The summed E-state index contributed by atoms with van der Waals surface area (Å²) in [6.07, 6.45) is 6.45. The standard InChI is InChI=1S/C17H32N2S/c1-5-6-7-8-11-17(4,14-18)19(15(2)3)13-16-10-9-12-20-16/h9-10,12,15H,5-8,11,13-14,18H2,1-4H3. The van der Waals surface area contributed by atoms with E-state index in [0.29, 0.717) is 6.04 Å². The molecule has 0 radical (unpaired) electrons. The van der Waals surface area contributed by atoms with Crippen molar-refractivity contribution in [1.29, 1.82) is 0 Å². The van der Waals surface area contributed by atoms with Crippen molar-refractivity contribution in [3.8, 4) is 0 Å². The molecule has 3 heteroatoms. The SMILES string of the molecule is CCCCCCC(C)(CN)N(Cc1cccs1)C(C)C. The van der Waals surface area contributed by atoms with Crippen molar-refractivity contribution in [3.05, 3.63) is 22.4 Å². The van der Waals surface area contributed by atoms with Crippen LogP contribution in [0.4, 0.5) is 0 Å². The molecule has 0 aliphatic heterocycles. The first-order valence-electron chi connectivity index (χ1n) is 8.02. The first kappa shape index (κ1) is 17.7. The molecule has 20 heavy (non-hydrogen) atoms. The molecule has 1 rings (SSSR count). The molecule has 0 saturated carbocycles. The topological polar surface area (TPSA) is 29.3 Å². The van der Waals surface area contributed by atoms with Gasteiger partial charge in [-0.3, -0.25) is 4.90 Å². The Morgan fingerprint density at radius 3 is 2.55 bits per heavy atom. The van der Waals surface area contributed by atoms with Crippen molar-refractivity contribution in [1.82, 2.24) is 4.90 Å². The van der Waals surface area contributed by atoms with Crippen LogP contribution < -0.4 is 5.73 Å². The second kappa shape index (κ2) is 8.81. The van der Waals surface area contributed by atoms with E-state index in [9.17, 15) is 0 Å². The summed E-state index contributed by atoms with van der Waals surface area (Å²) in [4.78, 5) is 4.03. The second-order valence-corrected chi connectivity index (χ2v) is 7.34. The third-order valence-corrected chi connectivity index (χ3v) is 5.09. The zero-order valence-electron chi connectivity index (χ0n) is 13.7. The zero-order valence-corrected chi connectivity index (χ0v) is 14.5. The summed E-state index contributed by atoms with van der Waals surface area (Å²) < 4.78 is 0. The van der Waals surface area contributed by atoms with E-state index in [4.69, 9.17) is 5.73 Å². The monoisotopic (exact) mass is 296 g/mol. The van der Waals surface area contributed by atoms with Gasteiger partial charge in [0.1, 0.15) is 0 Å². The lowest BCUT2D eigenvalue weighted by molar-refractivity contribution is 0.0587. The van der Waals surface area contributed by atoms with Gasteiger partial charge < -0.3 is 5.73 Å². The Hall–Kier alpha value is -0.380. The molecule has 1 aromatic heterocycles. The van der Waals surface area contributed by atoms with Crippen molar-refractivity contribution in [2.45, 2.75) is 77.9 Å².